The second-order valence-electron chi connectivity index (χ2n) is 35.4. The van der Waals surface area contributed by atoms with E-state index in [0.29, 0.717) is 5.69 Å². The minimum absolute atomic E-state index is 0.0000717. The Balaban J connectivity index is 0.922. The molecule has 0 amide bonds. The van der Waals surface area contributed by atoms with Gasteiger partial charge in [0.2, 0.25) is 0 Å². The average molecular weight is 1530 g/mol. The Morgan fingerprint density at radius 1 is 0.252 bits per heavy atom. The molecular weight excluding hydrogens is 1440 g/mol. The van der Waals surface area contributed by atoms with Gasteiger partial charge < -0.3 is 18.8 Å². The highest BCUT2D eigenvalue weighted by Crippen LogP contribution is 2.57. The van der Waals surface area contributed by atoms with E-state index in [2.05, 4.69) is 398 Å². The molecular formula is C114H89BN4. The van der Waals surface area contributed by atoms with E-state index < -0.39 is 43.0 Å². The maximum absolute atomic E-state index is 10.0. The van der Waals surface area contributed by atoms with Gasteiger partial charge in [0.05, 0.1) is 49.9 Å². The summed E-state index contributed by atoms with van der Waals surface area (Å²) in [5.41, 5.74) is 31.6. The Morgan fingerprint density at radius 2 is 0.639 bits per heavy atom. The monoisotopic (exact) mass is 1530 g/mol. The Labute approximate surface area is 708 Å². The second-order valence-corrected chi connectivity index (χ2v) is 35.4. The van der Waals surface area contributed by atoms with Crippen LogP contribution >= 0.6 is 0 Å². The molecule has 0 fully saturated rings. The van der Waals surface area contributed by atoms with Gasteiger partial charge in [0, 0.05) is 83.0 Å². The van der Waals surface area contributed by atoms with Crippen LogP contribution in [0.15, 0.2) is 376 Å². The van der Waals surface area contributed by atoms with Gasteiger partial charge in [-0.15, -0.1) is 0 Å². The minimum Gasteiger partial charge on any atom is -0.310 e. The minimum atomic E-state index is -0.561. The Hall–Kier alpha value is -14.0. The molecule has 17 aromatic carbocycles. The van der Waals surface area contributed by atoms with Crippen LogP contribution in [-0.2, 0) is 16.2 Å². The summed E-state index contributed by atoms with van der Waals surface area (Å²) in [5, 5.41) is 4.78. The summed E-state index contributed by atoms with van der Waals surface area (Å²) in [6, 6.07) is 117. The zero-order valence-electron chi connectivity index (χ0n) is 76.0. The van der Waals surface area contributed by atoms with E-state index in [-0.39, 0.29) is 50.1 Å². The lowest BCUT2D eigenvalue weighted by molar-refractivity contribution is 0.590. The first-order valence-corrected chi connectivity index (χ1v) is 41.4. The number of anilines is 6. The van der Waals surface area contributed by atoms with Crippen LogP contribution < -0.4 is 26.2 Å². The number of aromatic nitrogens is 2. The average Bonchev–Trinajstić information content (AvgIpc) is 1.34. The second kappa shape index (κ2) is 27.3. The largest absolute Gasteiger partial charge is 0.310 e. The molecule has 2 aliphatic rings. The quantitative estimate of drug-likeness (QED) is 0.120. The lowest BCUT2D eigenvalue weighted by atomic mass is 9.33. The maximum atomic E-state index is 10.0. The van der Waals surface area contributed by atoms with E-state index in [1.807, 2.05) is 6.07 Å². The predicted octanol–water partition coefficient (Wildman–Crippen LogP) is 29.2. The summed E-state index contributed by atoms with van der Waals surface area (Å²) < 4.78 is 80.9. The highest BCUT2D eigenvalue weighted by Gasteiger charge is 2.46. The summed E-state index contributed by atoms with van der Waals surface area (Å²) in [5.74, 6) is 0. The van der Waals surface area contributed by atoms with E-state index in [1.54, 1.807) is 4.57 Å². The van der Waals surface area contributed by atoms with Crippen LogP contribution in [0.5, 0.6) is 0 Å². The molecule has 0 spiro atoms. The van der Waals surface area contributed by atoms with Crippen LogP contribution in [0.2, 0.25) is 0 Å². The molecule has 0 atom stereocenters. The molecule has 568 valence electrons. The number of hydrogen-bond donors (Lipinski definition) is 0. The molecule has 4 nitrogen and oxygen atoms in total. The molecule has 22 rings (SSSR count). The van der Waals surface area contributed by atoms with Crippen molar-refractivity contribution in [2.24, 2.45) is 0 Å². The molecule has 0 radical (unpaired) electrons. The maximum Gasteiger partial charge on any atom is 0.252 e. The van der Waals surface area contributed by atoms with Crippen molar-refractivity contribution < 1.29 is 11.0 Å². The Kier molecular flexibility index (Phi) is 14.5. The van der Waals surface area contributed by atoms with Crippen molar-refractivity contribution >= 4 is 117 Å². The Morgan fingerprint density at radius 3 is 1.17 bits per heavy atom. The van der Waals surface area contributed by atoms with Crippen molar-refractivity contribution in [3.05, 3.63) is 393 Å². The molecule has 0 N–H and O–H groups in total. The third kappa shape index (κ3) is 11.7. The van der Waals surface area contributed by atoms with Crippen LogP contribution in [0, 0.1) is 0 Å². The van der Waals surface area contributed by atoms with Crippen LogP contribution in [-0.4, -0.2) is 15.7 Å². The predicted molar refractivity (Wildman–Crippen MR) is 509 cm³/mol. The van der Waals surface area contributed by atoms with Crippen LogP contribution in [0.4, 0.5) is 34.1 Å². The lowest BCUT2D eigenvalue weighted by Gasteiger charge is -2.46. The van der Waals surface area contributed by atoms with E-state index >= 15 is 0 Å². The summed E-state index contributed by atoms with van der Waals surface area (Å²) in [4.78, 5) is 5.09. The molecule has 0 bridgehead atoms. The highest BCUT2D eigenvalue weighted by atomic mass is 15.2. The first kappa shape index (κ1) is 63.3. The van der Waals surface area contributed by atoms with Gasteiger partial charge >= 0.3 is 0 Å². The molecule has 119 heavy (non-hydrogen) atoms. The fraction of sp³-hybridized carbons (Fsp3) is 0.105. The molecule has 0 unspecified atom stereocenters. The zero-order chi connectivity index (χ0) is 87.3. The number of para-hydroxylation sites is 4. The fourth-order valence-electron chi connectivity index (χ4n) is 19.2. The summed E-state index contributed by atoms with van der Waals surface area (Å²) >= 11 is 0. The van der Waals surface area contributed by atoms with E-state index in [4.69, 9.17) is 0 Å². The van der Waals surface area contributed by atoms with Gasteiger partial charge in [-0.1, -0.05) is 353 Å². The Bertz CT molecular complexity index is 7820. The molecule has 2 aliphatic heterocycles. The highest BCUT2D eigenvalue weighted by molar-refractivity contribution is 7.00. The molecule has 0 aliphatic carbocycles. The van der Waals surface area contributed by atoms with Gasteiger partial charge in [0.15, 0.2) is 0 Å². The molecule has 5 heteroatoms. The SMILES string of the molecule is [2H]c1c([2H])c([2H])c2c(c1[2H])c1c([2H])c([2H])c([2H])c([2H])c1n2-c1ccc2c(c1)N(c1c(-c3ccccc3)cc(-c3ccc(C(C)(C)C)cc3)cc1-c1ccccc1)c1cc(-c3ccccc3)cc3c1B2c1ccc(-c2ccc4c(c2)c2cccc5c6ccccc6n4c52)cc1N3c1c(-c2ccccc2)cc(-c2ccc(C(C)(C)C)cc2)cc1-c1cccc(C(C)(C)C)c1. The first-order valence-electron chi connectivity index (χ1n) is 45.4. The van der Waals surface area contributed by atoms with Crippen molar-refractivity contribution in [1.82, 2.24) is 8.97 Å². The van der Waals surface area contributed by atoms with Crippen LogP contribution in [0.3, 0.4) is 0 Å². The lowest BCUT2D eigenvalue weighted by Crippen LogP contribution is -2.61. The van der Waals surface area contributed by atoms with Gasteiger partial charge in [-0.05, 0) is 201 Å². The molecule has 0 saturated carbocycles. The van der Waals surface area contributed by atoms with E-state index in [0.717, 1.165) is 150 Å². The third-order valence-electron chi connectivity index (χ3n) is 25.1. The summed E-state index contributed by atoms with van der Waals surface area (Å²) in [6.07, 6.45) is 0. The molecule has 3 aromatic heterocycles. The number of nitrogens with zero attached hydrogens (tertiary/aromatic N) is 4. The van der Waals surface area contributed by atoms with Gasteiger partial charge in [-0.2, -0.15) is 0 Å². The van der Waals surface area contributed by atoms with Crippen molar-refractivity contribution in [1.29, 1.82) is 0 Å². The third-order valence-corrected chi connectivity index (χ3v) is 25.1. The normalized spacial score (nSPS) is 13.8. The van der Waals surface area contributed by atoms with Gasteiger partial charge in [-0.25, -0.2) is 0 Å². The number of fused-ring (bicyclic) bond motifs is 13. The van der Waals surface area contributed by atoms with Crippen molar-refractivity contribution in [3.8, 4) is 94.7 Å². The van der Waals surface area contributed by atoms with Crippen molar-refractivity contribution in [2.75, 3.05) is 9.80 Å². The molecule has 5 heterocycles. The summed E-state index contributed by atoms with van der Waals surface area (Å²) in [6.45, 7) is 19.9. The van der Waals surface area contributed by atoms with Crippen molar-refractivity contribution in [2.45, 2.75) is 78.6 Å². The number of hydrogen-bond acceptors (Lipinski definition) is 2. The number of rotatable bonds is 11. The van der Waals surface area contributed by atoms with E-state index in [1.165, 1.54) is 43.9 Å². The van der Waals surface area contributed by atoms with Gasteiger partial charge in [-0.3, -0.25) is 0 Å². The zero-order valence-corrected chi connectivity index (χ0v) is 68.0. The van der Waals surface area contributed by atoms with Crippen molar-refractivity contribution in [3.63, 3.8) is 0 Å². The standard InChI is InChI=1S/C114H89BN4/c1-112(2,3)84-54-48-73(49-55-84)81-64-93(75-32-16-11-17-33-75)110(94(65-81)76-34-18-12-19-35-76)119-105-71-87(116-100-45-25-22-40-88(100)89-41-23-26-46-101(89)116)58-60-99(105)115-98-59-52-79(78-53-61-103-97(63-78)92-44-29-43-91-90-42-24-27-47-102(90)117(103)109(91)92)68-104(98)118(106-69-83(70-107(119)108(106)115)72-30-14-10-15-31-72)111-95(77-36-20-13-21-37-77)66-82(74-50-56-85(57-51-74)113(4,5)6)67-96(111)80-38-28-39-86(62-80)114(7,8)9/h10-71H,1-9H3/i22D,23D,25D,26D,40D,41D,45D,46D. The number of benzene rings is 17. The topological polar surface area (TPSA) is 15.8 Å². The molecule has 20 aromatic rings. The van der Waals surface area contributed by atoms with Gasteiger partial charge in [0.25, 0.3) is 6.71 Å². The smallest absolute Gasteiger partial charge is 0.252 e. The summed E-state index contributed by atoms with van der Waals surface area (Å²) in [7, 11) is 0. The van der Waals surface area contributed by atoms with Crippen LogP contribution in [0.1, 0.15) is 90.0 Å². The first-order chi connectivity index (χ1) is 61.2. The van der Waals surface area contributed by atoms with E-state index in [9.17, 15) is 11.0 Å². The molecule has 0 saturated heterocycles. The van der Waals surface area contributed by atoms with Crippen LogP contribution in [0.25, 0.3) is 155 Å². The van der Waals surface area contributed by atoms with Gasteiger partial charge in [0.1, 0.15) is 0 Å². The fourth-order valence-corrected chi connectivity index (χ4v) is 19.2.